The number of pyridine rings is 1. The Bertz CT molecular complexity index is 980. The Hall–Kier alpha value is -3.10. The summed E-state index contributed by atoms with van der Waals surface area (Å²) in [5.41, 5.74) is 0.0599. The summed E-state index contributed by atoms with van der Waals surface area (Å²) in [5.74, 6) is -3.02. The van der Waals surface area contributed by atoms with Crippen LogP contribution >= 0.6 is 0 Å². The summed E-state index contributed by atoms with van der Waals surface area (Å²) in [4.78, 5) is 30.4. The highest BCUT2D eigenvalue weighted by Crippen LogP contribution is 2.36. The van der Waals surface area contributed by atoms with Crippen LogP contribution in [-0.4, -0.2) is 40.2 Å². The van der Waals surface area contributed by atoms with Gasteiger partial charge in [0.15, 0.2) is 5.49 Å². The molecule has 28 heavy (non-hydrogen) atoms. The molecular formula is C19H18F3N3O3. The molecular weight excluding hydrogens is 375 g/mol. The van der Waals surface area contributed by atoms with Crippen LogP contribution in [0.1, 0.15) is 22.7 Å². The number of rotatable bonds is 2. The average molecular weight is 393 g/mol. The fraction of sp³-hybridized carbons (Fsp3) is 0.316. The molecule has 148 valence electrons. The summed E-state index contributed by atoms with van der Waals surface area (Å²) in [7, 11) is 1.52. The molecule has 2 heterocycles. The van der Waals surface area contributed by atoms with Crippen molar-refractivity contribution in [2.75, 3.05) is 13.6 Å². The summed E-state index contributed by atoms with van der Waals surface area (Å²) in [6.07, 6.45) is -4.47. The second-order valence-corrected chi connectivity index (χ2v) is 6.71. The number of amides is 2. The first kappa shape index (κ1) is 19.7. The molecule has 2 amide bonds. The molecule has 1 saturated heterocycles. The fourth-order valence-electron chi connectivity index (χ4n) is 3.26. The SMILES string of the molecule is Cc1cccc(=NC(=O)[C@H]2C(=O)N(C)C[C@@H]2c2ccc(C(F)(F)F)cc2)n1O. The van der Waals surface area contributed by atoms with Crippen LogP contribution in [0.4, 0.5) is 13.2 Å². The third kappa shape index (κ3) is 3.64. The molecule has 0 bridgehead atoms. The first-order chi connectivity index (χ1) is 13.1. The van der Waals surface area contributed by atoms with Gasteiger partial charge >= 0.3 is 6.18 Å². The number of aromatic nitrogens is 1. The average Bonchev–Trinajstić information content (AvgIpc) is 2.93. The topological polar surface area (TPSA) is 74.9 Å². The number of likely N-dealkylation sites (N-methyl/N-ethyl adjacent to an activating group) is 1. The predicted molar refractivity (Wildman–Crippen MR) is 92.2 cm³/mol. The van der Waals surface area contributed by atoms with Crippen molar-refractivity contribution in [2.24, 2.45) is 10.9 Å². The normalized spacial score (nSPS) is 20.7. The monoisotopic (exact) mass is 393 g/mol. The fourth-order valence-corrected chi connectivity index (χ4v) is 3.26. The van der Waals surface area contributed by atoms with E-state index >= 15 is 0 Å². The van der Waals surface area contributed by atoms with E-state index < -0.39 is 35.4 Å². The number of benzene rings is 1. The molecule has 0 spiro atoms. The summed E-state index contributed by atoms with van der Waals surface area (Å²) < 4.78 is 39.1. The quantitative estimate of drug-likeness (QED) is 0.629. The maximum absolute atomic E-state index is 12.8. The van der Waals surface area contributed by atoms with Gasteiger partial charge in [0.1, 0.15) is 5.92 Å². The van der Waals surface area contributed by atoms with Crippen molar-refractivity contribution in [3.63, 3.8) is 0 Å². The number of aryl methyl sites for hydroxylation is 1. The van der Waals surface area contributed by atoms with Crippen molar-refractivity contribution in [3.8, 4) is 0 Å². The Morgan fingerprint density at radius 3 is 2.43 bits per heavy atom. The number of nitrogens with zero attached hydrogens (tertiary/aromatic N) is 3. The molecule has 9 heteroatoms. The highest BCUT2D eigenvalue weighted by molar-refractivity contribution is 6.03. The Morgan fingerprint density at radius 1 is 1.18 bits per heavy atom. The maximum atomic E-state index is 12.8. The van der Waals surface area contributed by atoms with E-state index in [1.54, 1.807) is 19.1 Å². The number of hydrogen-bond acceptors (Lipinski definition) is 3. The molecule has 1 N–H and O–H groups in total. The van der Waals surface area contributed by atoms with E-state index in [2.05, 4.69) is 4.99 Å². The second kappa shape index (κ2) is 7.14. The summed E-state index contributed by atoms with van der Waals surface area (Å²) in [5, 5.41) is 9.97. The zero-order valence-corrected chi connectivity index (χ0v) is 15.1. The minimum Gasteiger partial charge on any atom is -0.427 e. The van der Waals surface area contributed by atoms with Crippen LogP contribution in [0.2, 0.25) is 0 Å². The van der Waals surface area contributed by atoms with Crippen molar-refractivity contribution in [2.45, 2.75) is 19.0 Å². The van der Waals surface area contributed by atoms with Crippen LogP contribution in [0.5, 0.6) is 0 Å². The molecule has 1 aromatic carbocycles. The van der Waals surface area contributed by atoms with Gasteiger partial charge in [-0.1, -0.05) is 18.2 Å². The number of halogens is 3. The molecule has 2 aromatic rings. The molecule has 0 aliphatic carbocycles. The van der Waals surface area contributed by atoms with Crippen molar-refractivity contribution in [1.82, 2.24) is 9.63 Å². The van der Waals surface area contributed by atoms with Crippen LogP contribution in [0, 0.1) is 12.8 Å². The van der Waals surface area contributed by atoms with Crippen molar-refractivity contribution in [3.05, 3.63) is 64.8 Å². The van der Waals surface area contributed by atoms with E-state index in [-0.39, 0.29) is 12.0 Å². The Kier molecular flexibility index (Phi) is 5.01. The lowest BCUT2D eigenvalue weighted by atomic mass is 9.87. The van der Waals surface area contributed by atoms with Gasteiger partial charge in [0.05, 0.1) is 11.3 Å². The van der Waals surface area contributed by atoms with Gasteiger partial charge in [0.2, 0.25) is 5.91 Å². The van der Waals surface area contributed by atoms with Gasteiger partial charge < -0.3 is 10.1 Å². The van der Waals surface area contributed by atoms with Crippen LogP contribution in [0.15, 0.2) is 47.5 Å². The van der Waals surface area contributed by atoms with Crippen LogP contribution in [0.3, 0.4) is 0 Å². The van der Waals surface area contributed by atoms with Gasteiger partial charge in [-0.25, -0.2) is 0 Å². The second-order valence-electron chi connectivity index (χ2n) is 6.71. The highest BCUT2D eigenvalue weighted by atomic mass is 19.4. The van der Waals surface area contributed by atoms with Gasteiger partial charge in [0, 0.05) is 19.5 Å². The third-order valence-corrected chi connectivity index (χ3v) is 4.81. The minimum absolute atomic E-state index is 0.0291. The Labute approximate surface area is 158 Å². The molecule has 0 saturated carbocycles. The predicted octanol–water partition coefficient (Wildman–Crippen LogP) is 2.35. The Morgan fingerprint density at radius 2 is 1.82 bits per heavy atom. The summed E-state index contributed by atoms with van der Waals surface area (Å²) >= 11 is 0. The Balaban J connectivity index is 1.97. The van der Waals surface area contributed by atoms with Gasteiger partial charge in [0.25, 0.3) is 5.91 Å². The summed E-state index contributed by atoms with van der Waals surface area (Å²) in [6.45, 7) is 1.80. The van der Waals surface area contributed by atoms with Crippen LogP contribution < -0.4 is 5.49 Å². The van der Waals surface area contributed by atoms with Crippen molar-refractivity contribution in [1.29, 1.82) is 0 Å². The number of hydrogen-bond donors (Lipinski definition) is 1. The molecule has 1 aromatic heterocycles. The molecule has 6 nitrogen and oxygen atoms in total. The van der Waals surface area contributed by atoms with Crippen LogP contribution in [0.25, 0.3) is 0 Å². The van der Waals surface area contributed by atoms with Crippen molar-refractivity contribution < 1.29 is 28.0 Å². The van der Waals surface area contributed by atoms with Gasteiger partial charge in [-0.05, 0) is 36.8 Å². The first-order valence-electron chi connectivity index (χ1n) is 8.48. The number of carbonyl (C=O) groups excluding carboxylic acids is 2. The smallest absolute Gasteiger partial charge is 0.416 e. The van der Waals surface area contributed by atoms with E-state index in [0.717, 1.165) is 16.9 Å². The van der Waals surface area contributed by atoms with E-state index in [4.69, 9.17) is 0 Å². The maximum Gasteiger partial charge on any atom is 0.416 e. The lowest BCUT2D eigenvalue weighted by Crippen LogP contribution is -2.30. The van der Waals surface area contributed by atoms with E-state index in [1.165, 1.54) is 30.1 Å². The largest absolute Gasteiger partial charge is 0.427 e. The highest BCUT2D eigenvalue weighted by Gasteiger charge is 2.44. The number of likely N-dealkylation sites (tertiary alicyclic amines) is 1. The molecule has 0 unspecified atom stereocenters. The lowest BCUT2D eigenvalue weighted by Gasteiger charge is -2.15. The zero-order valence-electron chi connectivity index (χ0n) is 15.1. The number of carbonyl (C=O) groups is 2. The lowest BCUT2D eigenvalue weighted by molar-refractivity contribution is -0.138. The molecule has 1 aliphatic rings. The molecule has 1 fully saturated rings. The zero-order chi connectivity index (χ0) is 20.6. The summed E-state index contributed by atoms with van der Waals surface area (Å²) in [6, 6.07) is 9.05. The van der Waals surface area contributed by atoms with Crippen molar-refractivity contribution >= 4 is 11.8 Å². The molecule has 0 radical (unpaired) electrons. The van der Waals surface area contributed by atoms with Gasteiger partial charge in [-0.15, -0.1) is 0 Å². The minimum atomic E-state index is -4.47. The van der Waals surface area contributed by atoms with E-state index in [9.17, 15) is 28.0 Å². The third-order valence-electron chi connectivity index (χ3n) is 4.81. The standard InChI is InChI=1S/C19H18F3N3O3/c1-11-4-3-5-15(25(11)28)23-17(26)16-14(10-24(2)18(16)27)12-6-8-13(9-7-12)19(20,21)22/h3-9,14,16,28H,10H2,1-2H3/t14-,16+/m1/s1. The van der Waals surface area contributed by atoms with Gasteiger partial charge in [-0.2, -0.15) is 22.9 Å². The van der Waals surface area contributed by atoms with E-state index in [1.807, 2.05) is 0 Å². The van der Waals surface area contributed by atoms with Gasteiger partial charge in [-0.3, -0.25) is 9.59 Å². The number of alkyl halides is 3. The molecule has 1 aliphatic heterocycles. The van der Waals surface area contributed by atoms with Crippen LogP contribution in [-0.2, 0) is 15.8 Å². The molecule has 2 atom stereocenters. The molecule has 3 rings (SSSR count). The van der Waals surface area contributed by atoms with E-state index in [0.29, 0.717) is 11.3 Å². The first-order valence-corrected chi connectivity index (χ1v) is 8.48.